The van der Waals surface area contributed by atoms with Gasteiger partial charge in [-0.15, -0.1) is 0 Å². The lowest BCUT2D eigenvalue weighted by Crippen LogP contribution is -2.29. The van der Waals surface area contributed by atoms with Crippen molar-refractivity contribution in [2.45, 2.75) is 17.9 Å². The molecule has 0 saturated carbocycles. The molecule has 0 fully saturated rings. The van der Waals surface area contributed by atoms with Gasteiger partial charge in [0.25, 0.3) is 5.91 Å². The molecule has 2 heterocycles. The van der Waals surface area contributed by atoms with Gasteiger partial charge >= 0.3 is 0 Å². The van der Waals surface area contributed by atoms with E-state index < -0.39 is 15.9 Å². The first kappa shape index (κ1) is 18.3. The van der Waals surface area contributed by atoms with Gasteiger partial charge in [0.2, 0.25) is 10.0 Å². The van der Waals surface area contributed by atoms with Gasteiger partial charge < -0.3 is 19.8 Å². The van der Waals surface area contributed by atoms with Crippen molar-refractivity contribution in [3.63, 3.8) is 0 Å². The quantitative estimate of drug-likeness (QED) is 0.820. The first-order chi connectivity index (χ1) is 12.3. The fraction of sp³-hybridized carbons (Fsp3) is 0.353. The van der Waals surface area contributed by atoms with Gasteiger partial charge in [-0.1, -0.05) is 0 Å². The van der Waals surface area contributed by atoms with Crippen LogP contribution in [0, 0.1) is 0 Å². The van der Waals surface area contributed by atoms with E-state index in [9.17, 15) is 13.2 Å². The second kappa shape index (κ2) is 7.00. The molecule has 1 aromatic carbocycles. The van der Waals surface area contributed by atoms with Crippen LogP contribution in [0.3, 0.4) is 0 Å². The molecule has 2 aromatic rings. The molecule has 9 heteroatoms. The van der Waals surface area contributed by atoms with Crippen LogP contribution in [-0.4, -0.2) is 50.9 Å². The van der Waals surface area contributed by atoms with Gasteiger partial charge in [0.15, 0.2) is 11.5 Å². The van der Waals surface area contributed by atoms with Crippen molar-refractivity contribution in [2.75, 3.05) is 27.3 Å². The highest BCUT2D eigenvalue weighted by Gasteiger charge is 2.28. The number of nitrogens with one attached hydrogen (secondary N) is 2. The highest BCUT2D eigenvalue weighted by molar-refractivity contribution is 7.89. The number of amides is 1. The van der Waals surface area contributed by atoms with Gasteiger partial charge in [-0.05, 0) is 25.1 Å². The highest BCUT2D eigenvalue weighted by atomic mass is 32.2. The number of aromatic nitrogens is 1. The number of benzene rings is 1. The summed E-state index contributed by atoms with van der Waals surface area (Å²) in [6, 6.07) is 6.11. The number of rotatable bonds is 5. The molecule has 8 nitrogen and oxygen atoms in total. The maximum Gasteiger partial charge on any atom is 0.255 e. The van der Waals surface area contributed by atoms with Crippen molar-refractivity contribution in [1.82, 2.24) is 14.6 Å². The van der Waals surface area contributed by atoms with Crippen LogP contribution >= 0.6 is 0 Å². The van der Waals surface area contributed by atoms with Crippen LogP contribution in [0.15, 0.2) is 35.4 Å². The number of carbonyl (C=O) groups is 1. The Kier molecular flexibility index (Phi) is 4.92. The van der Waals surface area contributed by atoms with E-state index in [1.54, 1.807) is 6.20 Å². The minimum Gasteiger partial charge on any atom is -0.486 e. The lowest BCUT2D eigenvalue weighted by atomic mass is 10.1. The van der Waals surface area contributed by atoms with Crippen molar-refractivity contribution in [3.8, 4) is 11.5 Å². The number of hydrogen-bond acceptors (Lipinski definition) is 5. The van der Waals surface area contributed by atoms with Gasteiger partial charge in [0, 0.05) is 32.1 Å². The van der Waals surface area contributed by atoms with Gasteiger partial charge in [-0.3, -0.25) is 4.79 Å². The third-order valence-corrected chi connectivity index (χ3v) is 5.87. The van der Waals surface area contributed by atoms with E-state index >= 15 is 0 Å². The Hall–Kier alpha value is -2.52. The Morgan fingerprint density at radius 2 is 2.00 bits per heavy atom. The van der Waals surface area contributed by atoms with Crippen molar-refractivity contribution in [3.05, 3.63) is 41.7 Å². The summed E-state index contributed by atoms with van der Waals surface area (Å²) in [7, 11) is -0.867. The molecule has 1 amide bonds. The van der Waals surface area contributed by atoms with Crippen LogP contribution in [0.4, 0.5) is 0 Å². The molecule has 1 aliphatic rings. The Labute approximate surface area is 152 Å². The van der Waals surface area contributed by atoms with Crippen LogP contribution in [0.5, 0.6) is 11.5 Å². The molecular formula is C17H21N3O5S. The average molecular weight is 379 g/mol. The molecule has 1 unspecified atom stereocenters. The van der Waals surface area contributed by atoms with Crippen LogP contribution in [0.25, 0.3) is 0 Å². The van der Waals surface area contributed by atoms with E-state index in [4.69, 9.17) is 9.47 Å². The summed E-state index contributed by atoms with van der Waals surface area (Å²) in [6.45, 7) is 2.41. The van der Waals surface area contributed by atoms with E-state index in [0.29, 0.717) is 13.2 Å². The van der Waals surface area contributed by atoms with E-state index in [0.717, 1.165) is 10.00 Å². The van der Waals surface area contributed by atoms with Crippen molar-refractivity contribution >= 4 is 15.9 Å². The third-order valence-electron chi connectivity index (χ3n) is 4.07. The molecule has 1 aliphatic heterocycles. The fourth-order valence-electron chi connectivity index (χ4n) is 2.62. The molecule has 0 spiro atoms. The highest BCUT2D eigenvalue weighted by Crippen LogP contribution is 2.37. The molecule has 0 radical (unpaired) electrons. The number of nitrogens with zero attached hydrogens (tertiary/aromatic N) is 1. The summed E-state index contributed by atoms with van der Waals surface area (Å²) in [6.07, 6.45) is 1.76. The number of fused-ring (bicyclic) bond motifs is 1. The van der Waals surface area contributed by atoms with Crippen LogP contribution in [0.2, 0.25) is 0 Å². The first-order valence-corrected chi connectivity index (χ1v) is 9.55. The maximum absolute atomic E-state index is 12.8. The van der Waals surface area contributed by atoms with E-state index in [-0.39, 0.29) is 28.0 Å². The van der Waals surface area contributed by atoms with Crippen LogP contribution in [-0.2, 0) is 10.0 Å². The lowest BCUT2D eigenvalue weighted by Gasteiger charge is -2.23. The standard InChI is InChI=1S/C17H21N3O5S/c1-11(14-5-4-6-18-14)19-17(21)13-9-12(26(22,23)20(2)3)10-15-16(13)25-8-7-24-15/h4-6,9-11,18H,7-8H2,1-3H3,(H,19,21). The predicted octanol–water partition coefficient (Wildman–Crippen LogP) is 1.53. The number of aromatic amines is 1. The topological polar surface area (TPSA) is 101 Å². The second-order valence-corrected chi connectivity index (χ2v) is 8.25. The second-order valence-electron chi connectivity index (χ2n) is 6.10. The molecule has 26 heavy (non-hydrogen) atoms. The van der Waals surface area contributed by atoms with Gasteiger partial charge in [0.05, 0.1) is 16.5 Å². The maximum atomic E-state index is 12.8. The molecule has 0 saturated heterocycles. The number of ether oxygens (including phenoxy) is 2. The zero-order chi connectivity index (χ0) is 18.9. The minimum absolute atomic E-state index is 0.0237. The van der Waals surface area contributed by atoms with Gasteiger partial charge in [-0.25, -0.2) is 12.7 Å². The Bertz CT molecular complexity index is 907. The SMILES string of the molecule is CC(NC(=O)c1cc(S(=O)(=O)N(C)C)cc2c1OCCO2)c1ccc[nH]1. The summed E-state index contributed by atoms with van der Waals surface area (Å²) >= 11 is 0. The van der Waals surface area contributed by atoms with Crippen molar-refractivity contribution in [1.29, 1.82) is 0 Å². The molecule has 1 atom stereocenters. The third kappa shape index (κ3) is 3.40. The lowest BCUT2D eigenvalue weighted by molar-refractivity contribution is 0.0927. The van der Waals surface area contributed by atoms with Crippen LogP contribution in [0.1, 0.15) is 29.0 Å². The first-order valence-electron chi connectivity index (χ1n) is 8.11. The summed E-state index contributed by atoms with van der Waals surface area (Å²) in [5.41, 5.74) is 0.961. The molecule has 140 valence electrons. The number of H-pyrrole nitrogens is 1. The largest absolute Gasteiger partial charge is 0.486 e. The molecule has 2 N–H and O–H groups in total. The summed E-state index contributed by atoms with van der Waals surface area (Å²) in [5, 5.41) is 2.84. The molecule has 0 aliphatic carbocycles. The zero-order valence-corrected chi connectivity index (χ0v) is 15.6. The Balaban J connectivity index is 2.00. The summed E-state index contributed by atoms with van der Waals surface area (Å²) in [5.74, 6) is 0.0617. The summed E-state index contributed by atoms with van der Waals surface area (Å²) < 4.78 is 37.2. The molecular weight excluding hydrogens is 358 g/mol. The number of sulfonamides is 1. The fourth-order valence-corrected chi connectivity index (χ4v) is 3.57. The normalized spacial score (nSPS) is 14.9. The minimum atomic E-state index is -3.73. The molecule has 0 bridgehead atoms. The Morgan fingerprint density at radius 1 is 1.27 bits per heavy atom. The van der Waals surface area contributed by atoms with Gasteiger partial charge in [-0.2, -0.15) is 0 Å². The van der Waals surface area contributed by atoms with Crippen LogP contribution < -0.4 is 14.8 Å². The average Bonchev–Trinajstić information content (AvgIpc) is 3.15. The van der Waals surface area contributed by atoms with E-state index in [2.05, 4.69) is 10.3 Å². The molecule has 3 rings (SSSR count). The monoisotopic (exact) mass is 379 g/mol. The Morgan fingerprint density at radius 3 is 2.65 bits per heavy atom. The predicted molar refractivity (Wildman–Crippen MR) is 95.0 cm³/mol. The summed E-state index contributed by atoms with van der Waals surface area (Å²) in [4.78, 5) is 15.8. The number of hydrogen-bond donors (Lipinski definition) is 2. The van der Waals surface area contributed by atoms with E-state index in [1.165, 1.54) is 26.2 Å². The van der Waals surface area contributed by atoms with Crippen molar-refractivity contribution in [2.24, 2.45) is 0 Å². The van der Waals surface area contributed by atoms with Gasteiger partial charge in [0.1, 0.15) is 13.2 Å². The van der Waals surface area contributed by atoms with E-state index in [1.807, 2.05) is 19.1 Å². The van der Waals surface area contributed by atoms with Crippen molar-refractivity contribution < 1.29 is 22.7 Å². The number of carbonyl (C=O) groups excluding carboxylic acids is 1. The zero-order valence-electron chi connectivity index (χ0n) is 14.8. The molecule has 1 aromatic heterocycles. The smallest absolute Gasteiger partial charge is 0.255 e.